The molecule has 2 N–H and O–H groups in total. The minimum atomic E-state index is -0.822. The molecule has 3 heterocycles. The van der Waals surface area contributed by atoms with E-state index in [0.717, 1.165) is 17.3 Å². The number of amidine groups is 1. The number of nitrogens with zero attached hydrogens (tertiary/aromatic N) is 2. The maximum Gasteiger partial charge on any atom is 0.283 e. The van der Waals surface area contributed by atoms with E-state index in [1.165, 1.54) is 6.07 Å². The second kappa shape index (κ2) is 5.69. The third-order valence-corrected chi connectivity index (χ3v) is 5.13. The summed E-state index contributed by atoms with van der Waals surface area (Å²) in [6.07, 6.45) is 1.08. The van der Waals surface area contributed by atoms with Gasteiger partial charge in [0.25, 0.3) is 6.02 Å². The lowest BCUT2D eigenvalue weighted by Gasteiger charge is -2.33. The van der Waals surface area contributed by atoms with Crippen molar-refractivity contribution in [2.24, 2.45) is 10.7 Å². The monoisotopic (exact) mass is 381 g/mol. The van der Waals surface area contributed by atoms with Crippen LogP contribution < -0.4 is 10.5 Å². The predicted octanol–water partition coefficient (Wildman–Crippen LogP) is 4.24. The topological polar surface area (TPSA) is 69.7 Å². The number of benzene rings is 2. The van der Waals surface area contributed by atoms with Crippen LogP contribution in [0.4, 0.5) is 4.39 Å². The van der Waals surface area contributed by atoms with E-state index in [0.29, 0.717) is 22.6 Å². The van der Waals surface area contributed by atoms with Crippen molar-refractivity contribution in [2.45, 2.75) is 5.54 Å². The lowest BCUT2D eigenvalue weighted by atomic mass is 9.80. The Bertz CT molecular complexity index is 1120. The second-order valence-electron chi connectivity index (χ2n) is 6.40. The van der Waals surface area contributed by atoms with Crippen molar-refractivity contribution in [3.63, 3.8) is 0 Å². The Hall–Kier alpha value is -3.12. The van der Waals surface area contributed by atoms with E-state index in [9.17, 15) is 4.39 Å². The van der Waals surface area contributed by atoms with Gasteiger partial charge in [0.05, 0.1) is 6.20 Å². The van der Waals surface area contributed by atoms with Crippen molar-refractivity contribution in [3.05, 3.63) is 76.8 Å². The fourth-order valence-electron chi connectivity index (χ4n) is 3.60. The first-order valence-corrected chi connectivity index (χ1v) is 8.66. The molecule has 27 heavy (non-hydrogen) atoms. The van der Waals surface area contributed by atoms with Gasteiger partial charge in [-0.1, -0.05) is 35.9 Å². The van der Waals surface area contributed by atoms with Gasteiger partial charge in [0.2, 0.25) is 0 Å². The Kier molecular flexibility index (Phi) is 3.39. The molecule has 0 saturated heterocycles. The van der Waals surface area contributed by atoms with Crippen LogP contribution in [0.15, 0.2) is 59.7 Å². The number of ether oxygens (including phenoxy) is 2. The number of nitrogens with two attached hydrogens (primary N) is 1. The summed E-state index contributed by atoms with van der Waals surface area (Å²) in [4.78, 5) is 8.50. The van der Waals surface area contributed by atoms with Crippen LogP contribution in [0.1, 0.15) is 11.1 Å². The lowest BCUT2D eigenvalue weighted by molar-refractivity contribution is 0.264. The lowest BCUT2D eigenvalue weighted by Crippen LogP contribution is -2.31. The van der Waals surface area contributed by atoms with E-state index in [1.54, 1.807) is 0 Å². The Labute approximate surface area is 159 Å². The van der Waals surface area contributed by atoms with Crippen molar-refractivity contribution in [1.29, 1.82) is 0 Å². The highest BCUT2D eigenvalue weighted by atomic mass is 35.5. The van der Waals surface area contributed by atoms with Gasteiger partial charge in [0.15, 0.2) is 5.54 Å². The summed E-state index contributed by atoms with van der Waals surface area (Å²) in [6.45, 7) is 0.255. The molecular weight excluding hydrogens is 369 g/mol. The summed E-state index contributed by atoms with van der Waals surface area (Å²) in [5, 5.41) is 0.216. The number of para-hydroxylation sites is 1. The molecule has 2 aliphatic rings. The molecule has 134 valence electrons. The van der Waals surface area contributed by atoms with Gasteiger partial charge in [-0.15, -0.1) is 0 Å². The van der Waals surface area contributed by atoms with Gasteiger partial charge in [0, 0.05) is 16.7 Å². The Morgan fingerprint density at radius 2 is 1.89 bits per heavy atom. The molecule has 0 amide bonds. The van der Waals surface area contributed by atoms with Crippen molar-refractivity contribution in [3.8, 4) is 22.6 Å². The third kappa shape index (κ3) is 2.37. The molecule has 0 radical (unpaired) electrons. The number of halogens is 2. The SMILES string of the molecule is NC1=N[C@@]2(CO1)c1ccccc1Oc1ccc(-c3cc(F)cnc3Cl)cc12. The summed E-state index contributed by atoms with van der Waals surface area (Å²) in [6, 6.07) is 14.6. The molecule has 7 heteroatoms. The quantitative estimate of drug-likeness (QED) is 0.640. The van der Waals surface area contributed by atoms with Crippen LogP contribution >= 0.6 is 11.6 Å². The van der Waals surface area contributed by atoms with E-state index in [4.69, 9.17) is 26.8 Å². The summed E-state index contributed by atoms with van der Waals surface area (Å²) in [5.41, 5.74) is 7.86. The zero-order valence-corrected chi connectivity index (χ0v) is 14.7. The highest BCUT2D eigenvalue weighted by molar-refractivity contribution is 6.32. The number of aliphatic imine (C=N–C) groups is 1. The molecule has 5 rings (SSSR count). The molecule has 1 spiro atoms. The molecule has 2 aliphatic heterocycles. The predicted molar refractivity (Wildman–Crippen MR) is 99.5 cm³/mol. The Morgan fingerprint density at radius 1 is 1.07 bits per heavy atom. The fraction of sp³-hybridized carbons (Fsp3) is 0.100. The van der Waals surface area contributed by atoms with Gasteiger partial charge in [0.1, 0.15) is 29.1 Å². The molecule has 0 aliphatic carbocycles. The molecule has 2 aromatic carbocycles. The summed E-state index contributed by atoms with van der Waals surface area (Å²) in [5.74, 6) is 0.875. The van der Waals surface area contributed by atoms with Crippen LogP contribution in [0.2, 0.25) is 5.15 Å². The average molecular weight is 382 g/mol. The van der Waals surface area contributed by atoms with E-state index >= 15 is 0 Å². The molecular formula is C20H13ClFN3O2. The number of hydrogen-bond acceptors (Lipinski definition) is 5. The van der Waals surface area contributed by atoms with Crippen molar-refractivity contribution < 1.29 is 13.9 Å². The Morgan fingerprint density at radius 3 is 2.70 bits per heavy atom. The van der Waals surface area contributed by atoms with Crippen LogP contribution in [0.5, 0.6) is 11.5 Å². The first-order valence-electron chi connectivity index (χ1n) is 8.28. The number of fused-ring (bicyclic) bond motifs is 4. The number of hydrogen-bond donors (Lipinski definition) is 1. The normalized spacial score (nSPS) is 19.7. The number of pyridine rings is 1. The van der Waals surface area contributed by atoms with Crippen LogP contribution in [-0.2, 0) is 10.3 Å². The van der Waals surface area contributed by atoms with Crippen molar-refractivity contribution in [2.75, 3.05) is 6.61 Å². The third-order valence-electron chi connectivity index (χ3n) is 4.82. The van der Waals surface area contributed by atoms with Crippen LogP contribution in [0.3, 0.4) is 0 Å². The van der Waals surface area contributed by atoms with Crippen LogP contribution in [-0.4, -0.2) is 17.6 Å². The Balaban J connectivity index is 1.75. The van der Waals surface area contributed by atoms with Crippen molar-refractivity contribution in [1.82, 2.24) is 4.98 Å². The zero-order chi connectivity index (χ0) is 18.6. The minimum Gasteiger partial charge on any atom is -0.462 e. The molecule has 0 bridgehead atoms. The first-order chi connectivity index (χ1) is 13.1. The van der Waals surface area contributed by atoms with E-state index in [2.05, 4.69) is 9.98 Å². The van der Waals surface area contributed by atoms with Crippen LogP contribution in [0.25, 0.3) is 11.1 Å². The average Bonchev–Trinajstić information content (AvgIpc) is 3.06. The minimum absolute atomic E-state index is 0.119. The molecule has 3 aromatic rings. The molecule has 0 saturated carbocycles. The zero-order valence-electron chi connectivity index (χ0n) is 13.9. The summed E-state index contributed by atoms with van der Waals surface area (Å²) in [7, 11) is 0. The van der Waals surface area contributed by atoms with Gasteiger partial charge < -0.3 is 15.2 Å². The maximum atomic E-state index is 13.7. The molecule has 0 fully saturated rings. The standard InChI is InChI=1S/C20H13ClFN3O2/c21-18-13(8-12(22)9-24-18)11-5-6-17-15(7-11)20(10-26-19(23)25-20)14-3-1-2-4-16(14)27-17/h1-9H,10H2,(H2,23,25)/t20-/m0/s1. The van der Waals surface area contributed by atoms with E-state index in [1.807, 2.05) is 42.5 Å². The number of aromatic nitrogens is 1. The highest BCUT2D eigenvalue weighted by Crippen LogP contribution is 2.51. The molecule has 5 nitrogen and oxygen atoms in total. The number of rotatable bonds is 1. The van der Waals surface area contributed by atoms with Gasteiger partial charge in [-0.3, -0.25) is 0 Å². The smallest absolute Gasteiger partial charge is 0.283 e. The molecule has 1 aromatic heterocycles. The largest absolute Gasteiger partial charge is 0.462 e. The van der Waals surface area contributed by atoms with Crippen molar-refractivity contribution >= 4 is 17.6 Å². The van der Waals surface area contributed by atoms with Gasteiger partial charge in [-0.25, -0.2) is 14.4 Å². The second-order valence-corrected chi connectivity index (χ2v) is 6.76. The van der Waals surface area contributed by atoms with Crippen LogP contribution in [0, 0.1) is 5.82 Å². The first kappa shape index (κ1) is 16.1. The summed E-state index contributed by atoms with van der Waals surface area (Å²) < 4.78 is 25.3. The van der Waals surface area contributed by atoms with E-state index in [-0.39, 0.29) is 17.8 Å². The molecule has 1 atom stereocenters. The highest BCUT2D eigenvalue weighted by Gasteiger charge is 2.46. The summed E-state index contributed by atoms with van der Waals surface area (Å²) >= 11 is 6.19. The van der Waals surface area contributed by atoms with Gasteiger partial charge in [-0.05, 0) is 29.8 Å². The maximum absolute atomic E-state index is 13.7. The van der Waals surface area contributed by atoms with Gasteiger partial charge >= 0.3 is 0 Å². The van der Waals surface area contributed by atoms with Gasteiger partial charge in [-0.2, -0.15) is 0 Å². The fourth-order valence-corrected chi connectivity index (χ4v) is 3.82. The van der Waals surface area contributed by atoms with E-state index < -0.39 is 11.4 Å². The molecule has 0 unspecified atom stereocenters.